The Morgan fingerprint density at radius 2 is 1.67 bits per heavy atom. The Morgan fingerprint density at radius 3 is 2.21 bits per heavy atom. The highest BCUT2D eigenvalue weighted by atomic mass is 19.1. The second kappa shape index (κ2) is 10.2. The van der Waals surface area contributed by atoms with Crippen LogP contribution in [0.4, 0.5) is 14.7 Å². The van der Waals surface area contributed by atoms with Gasteiger partial charge in [-0.3, -0.25) is 14.8 Å². The van der Waals surface area contributed by atoms with Crippen molar-refractivity contribution in [3.63, 3.8) is 0 Å². The van der Waals surface area contributed by atoms with Gasteiger partial charge in [0.05, 0.1) is 12.6 Å². The summed E-state index contributed by atoms with van der Waals surface area (Å²) in [6, 6.07) is 12.6. The summed E-state index contributed by atoms with van der Waals surface area (Å²) in [5, 5.41) is 19.0. The van der Waals surface area contributed by atoms with Gasteiger partial charge in [-0.05, 0) is 32.0 Å². The second-order valence-electron chi connectivity index (χ2n) is 8.62. The lowest BCUT2D eigenvalue weighted by Gasteiger charge is -2.30. The number of methoxy groups -OCH3 is 1. The zero-order chi connectivity index (χ0) is 27.7. The van der Waals surface area contributed by atoms with Crippen molar-refractivity contribution in [1.29, 1.82) is 0 Å². The fraction of sp³-hybridized carbons (Fsp3) is 0.222. The lowest BCUT2D eigenvalue weighted by atomic mass is 9.84. The SMILES string of the molecule is CCn1cnc(NC(=O)c2cc3c(nc2OC)nc(C(O)(c2ccccc2F)c2ccccc2F)n3CC)n1. The Morgan fingerprint density at radius 1 is 1.03 bits per heavy atom. The average molecular weight is 534 g/mol. The molecule has 1 amide bonds. The Bertz CT molecular complexity index is 1640. The van der Waals surface area contributed by atoms with E-state index in [0.717, 1.165) is 0 Å². The van der Waals surface area contributed by atoms with Crippen LogP contribution in [0.25, 0.3) is 11.2 Å². The highest BCUT2D eigenvalue weighted by Gasteiger charge is 2.43. The van der Waals surface area contributed by atoms with Gasteiger partial charge in [-0.25, -0.2) is 18.7 Å². The van der Waals surface area contributed by atoms with Crippen molar-refractivity contribution in [1.82, 2.24) is 29.3 Å². The highest BCUT2D eigenvalue weighted by Crippen LogP contribution is 2.40. The molecule has 2 N–H and O–H groups in total. The van der Waals surface area contributed by atoms with E-state index in [2.05, 4.69) is 25.4 Å². The number of imidazole rings is 1. The van der Waals surface area contributed by atoms with Gasteiger partial charge < -0.3 is 14.4 Å². The zero-order valence-electron chi connectivity index (χ0n) is 21.4. The van der Waals surface area contributed by atoms with Crippen molar-refractivity contribution < 1.29 is 23.4 Å². The molecule has 0 atom stereocenters. The van der Waals surface area contributed by atoms with Crippen LogP contribution in [0.3, 0.4) is 0 Å². The molecule has 0 fully saturated rings. The molecule has 0 aliphatic carbocycles. The molecule has 5 aromatic rings. The number of hydrogen-bond acceptors (Lipinski definition) is 7. The number of rotatable bonds is 8. The molecule has 0 saturated heterocycles. The van der Waals surface area contributed by atoms with E-state index in [1.165, 1.54) is 55.9 Å². The first-order chi connectivity index (χ1) is 18.8. The molecule has 0 saturated carbocycles. The number of pyridine rings is 1. The standard InChI is InChI=1S/C27H25F2N7O3/c1-4-35-15-30-26(34-35)33-23(37)16-14-21-22(31-24(16)39-3)32-25(36(21)5-2)27(38,17-10-6-8-12-19(17)28)18-11-7-9-13-20(18)29/h6-15,38H,4-5H2,1-3H3,(H,33,34,37). The van der Waals surface area contributed by atoms with Gasteiger partial charge in [0.25, 0.3) is 5.91 Å². The normalized spacial score (nSPS) is 11.6. The summed E-state index contributed by atoms with van der Waals surface area (Å²) in [5.41, 5.74) is -2.21. The molecule has 2 aromatic carbocycles. The van der Waals surface area contributed by atoms with E-state index in [1.54, 1.807) is 28.3 Å². The molecular formula is C27H25F2N7O3. The van der Waals surface area contributed by atoms with Gasteiger partial charge in [0, 0.05) is 24.2 Å². The number of halogens is 2. The average Bonchev–Trinajstić information content (AvgIpc) is 3.56. The number of aryl methyl sites for hydroxylation is 2. The Labute approximate surface area is 221 Å². The van der Waals surface area contributed by atoms with Crippen LogP contribution >= 0.6 is 0 Å². The number of hydrogen-bond donors (Lipinski definition) is 2. The number of nitrogens with zero attached hydrogens (tertiary/aromatic N) is 6. The van der Waals surface area contributed by atoms with Crippen LogP contribution in [-0.4, -0.2) is 47.4 Å². The summed E-state index contributed by atoms with van der Waals surface area (Å²) >= 11 is 0. The molecule has 200 valence electrons. The molecule has 10 nitrogen and oxygen atoms in total. The quantitative estimate of drug-likeness (QED) is 0.311. The Hall–Kier alpha value is -4.71. The molecule has 0 aliphatic heterocycles. The summed E-state index contributed by atoms with van der Waals surface area (Å²) in [5.74, 6) is -2.10. The molecule has 0 bridgehead atoms. The molecule has 12 heteroatoms. The van der Waals surface area contributed by atoms with Crippen LogP contribution < -0.4 is 10.1 Å². The predicted molar refractivity (Wildman–Crippen MR) is 138 cm³/mol. The maximum atomic E-state index is 15.2. The van der Waals surface area contributed by atoms with Gasteiger partial charge in [-0.1, -0.05) is 36.4 Å². The van der Waals surface area contributed by atoms with Crippen LogP contribution in [0.1, 0.15) is 41.2 Å². The first kappa shape index (κ1) is 25.9. The van der Waals surface area contributed by atoms with Crippen LogP contribution in [0, 0.1) is 11.6 Å². The minimum Gasteiger partial charge on any atom is -0.480 e. The molecule has 0 spiro atoms. The third-order valence-corrected chi connectivity index (χ3v) is 6.40. The largest absolute Gasteiger partial charge is 0.480 e. The summed E-state index contributed by atoms with van der Waals surface area (Å²) in [6.07, 6.45) is 1.49. The zero-order valence-corrected chi connectivity index (χ0v) is 21.4. The van der Waals surface area contributed by atoms with Crippen molar-refractivity contribution in [2.45, 2.75) is 32.5 Å². The molecule has 39 heavy (non-hydrogen) atoms. The number of carbonyl (C=O) groups excluding carboxylic acids is 1. The molecule has 5 rings (SSSR count). The minimum atomic E-state index is -2.33. The van der Waals surface area contributed by atoms with E-state index in [-0.39, 0.29) is 46.5 Å². The van der Waals surface area contributed by atoms with Crippen LogP contribution in [0.5, 0.6) is 5.88 Å². The van der Waals surface area contributed by atoms with E-state index in [1.807, 2.05) is 6.92 Å². The maximum Gasteiger partial charge on any atom is 0.263 e. The number of benzene rings is 2. The highest BCUT2D eigenvalue weighted by molar-refractivity contribution is 6.06. The van der Waals surface area contributed by atoms with E-state index in [4.69, 9.17) is 4.74 Å². The summed E-state index contributed by atoms with van der Waals surface area (Å²) < 4.78 is 38.8. The number of amides is 1. The summed E-state index contributed by atoms with van der Waals surface area (Å²) in [7, 11) is 1.35. The molecular weight excluding hydrogens is 508 g/mol. The molecule has 3 heterocycles. The monoisotopic (exact) mass is 533 g/mol. The topological polar surface area (TPSA) is 120 Å². The number of aliphatic hydroxyl groups is 1. The first-order valence-electron chi connectivity index (χ1n) is 12.2. The van der Waals surface area contributed by atoms with Gasteiger partial charge in [-0.15, -0.1) is 5.10 Å². The van der Waals surface area contributed by atoms with Crippen LogP contribution in [0.2, 0.25) is 0 Å². The van der Waals surface area contributed by atoms with Crippen molar-refractivity contribution in [3.8, 4) is 5.88 Å². The van der Waals surface area contributed by atoms with E-state index in [0.29, 0.717) is 12.1 Å². The van der Waals surface area contributed by atoms with Crippen molar-refractivity contribution in [2.24, 2.45) is 0 Å². The smallest absolute Gasteiger partial charge is 0.263 e. The lowest BCUT2D eigenvalue weighted by molar-refractivity contribution is 0.102. The fourth-order valence-electron chi connectivity index (χ4n) is 4.52. The van der Waals surface area contributed by atoms with Gasteiger partial charge in [0.15, 0.2) is 17.1 Å². The van der Waals surface area contributed by atoms with E-state index >= 15 is 8.78 Å². The lowest BCUT2D eigenvalue weighted by Crippen LogP contribution is -2.34. The summed E-state index contributed by atoms with van der Waals surface area (Å²) in [6.45, 7) is 4.47. The number of nitrogens with one attached hydrogen (secondary N) is 1. The fourth-order valence-corrected chi connectivity index (χ4v) is 4.52. The van der Waals surface area contributed by atoms with Gasteiger partial charge in [0.2, 0.25) is 11.8 Å². The molecule has 0 aliphatic rings. The van der Waals surface area contributed by atoms with E-state index in [9.17, 15) is 9.90 Å². The van der Waals surface area contributed by atoms with Crippen molar-refractivity contribution in [3.05, 3.63) is 95.1 Å². The van der Waals surface area contributed by atoms with Crippen molar-refractivity contribution >= 4 is 23.0 Å². The number of ether oxygens (including phenoxy) is 1. The maximum absolute atomic E-state index is 15.2. The number of aromatic nitrogens is 6. The first-order valence-corrected chi connectivity index (χ1v) is 12.2. The van der Waals surface area contributed by atoms with E-state index < -0.39 is 23.1 Å². The minimum absolute atomic E-state index is 0.0393. The Kier molecular flexibility index (Phi) is 6.79. The van der Waals surface area contributed by atoms with Gasteiger partial charge in [-0.2, -0.15) is 4.98 Å². The Balaban J connectivity index is 1.72. The predicted octanol–water partition coefficient (Wildman–Crippen LogP) is 3.89. The third-order valence-electron chi connectivity index (χ3n) is 6.40. The van der Waals surface area contributed by atoms with Gasteiger partial charge in [0.1, 0.15) is 23.5 Å². The molecule has 3 aromatic heterocycles. The molecule has 0 unspecified atom stereocenters. The third kappa shape index (κ3) is 4.38. The molecule has 0 radical (unpaired) electrons. The number of anilines is 1. The second-order valence-corrected chi connectivity index (χ2v) is 8.62. The number of fused-ring (bicyclic) bond motifs is 1. The summed E-state index contributed by atoms with van der Waals surface area (Å²) in [4.78, 5) is 26.2. The van der Waals surface area contributed by atoms with Gasteiger partial charge >= 0.3 is 0 Å². The van der Waals surface area contributed by atoms with Crippen LogP contribution in [0.15, 0.2) is 60.9 Å². The number of carbonyl (C=O) groups is 1. The van der Waals surface area contributed by atoms with Crippen LogP contribution in [-0.2, 0) is 18.7 Å². The van der Waals surface area contributed by atoms with Crippen molar-refractivity contribution in [2.75, 3.05) is 12.4 Å².